The van der Waals surface area contributed by atoms with Gasteiger partial charge in [0.1, 0.15) is 11.7 Å². The Hall–Kier alpha value is -1.85. The second-order valence-electron chi connectivity index (χ2n) is 4.60. The van der Waals surface area contributed by atoms with Crippen molar-refractivity contribution >= 4 is 11.9 Å². The molecular formula is C12H19N3O3. The standard InChI is InChI=1S/C12H19N3O3/c1-8(2)5-9(12(17)18-4)14-11(16)10-6-15(3)7-13-10/h6-9H,5H2,1-4H3,(H,14,16). The molecule has 0 spiro atoms. The van der Waals surface area contributed by atoms with Gasteiger partial charge in [-0.1, -0.05) is 13.8 Å². The number of methoxy groups -OCH3 is 1. The minimum Gasteiger partial charge on any atom is -0.467 e. The minimum atomic E-state index is -0.635. The molecule has 1 aromatic heterocycles. The van der Waals surface area contributed by atoms with Crippen LogP contribution in [0.15, 0.2) is 12.5 Å². The summed E-state index contributed by atoms with van der Waals surface area (Å²) in [5.74, 6) is -0.530. The quantitative estimate of drug-likeness (QED) is 0.785. The highest BCUT2D eigenvalue weighted by Crippen LogP contribution is 2.07. The van der Waals surface area contributed by atoms with Crippen LogP contribution in [-0.2, 0) is 16.6 Å². The van der Waals surface area contributed by atoms with Gasteiger partial charge in [0.2, 0.25) is 0 Å². The number of nitrogens with one attached hydrogen (secondary N) is 1. The van der Waals surface area contributed by atoms with Crippen LogP contribution in [-0.4, -0.2) is 34.6 Å². The van der Waals surface area contributed by atoms with Gasteiger partial charge in [-0.3, -0.25) is 4.79 Å². The number of ether oxygens (including phenoxy) is 1. The van der Waals surface area contributed by atoms with E-state index in [-0.39, 0.29) is 17.5 Å². The maximum atomic E-state index is 11.9. The summed E-state index contributed by atoms with van der Waals surface area (Å²) in [6.07, 6.45) is 3.66. The molecule has 1 atom stereocenters. The third-order valence-electron chi connectivity index (χ3n) is 2.44. The second-order valence-corrected chi connectivity index (χ2v) is 4.60. The number of carbonyl (C=O) groups excluding carboxylic acids is 2. The van der Waals surface area contributed by atoms with E-state index >= 15 is 0 Å². The molecule has 1 rings (SSSR count). The molecule has 0 aliphatic rings. The molecule has 6 heteroatoms. The fourth-order valence-electron chi connectivity index (χ4n) is 1.59. The zero-order chi connectivity index (χ0) is 13.7. The van der Waals surface area contributed by atoms with Gasteiger partial charge in [0.05, 0.1) is 13.4 Å². The van der Waals surface area contributed by atoms with Gasteiger partial charge in [-0.25, -0.2) is 9.78 Å². The number of nitrogens with zero attached hydrogens (tertiary/aromatic N) is 2. The molecule has 0 saturated heterocycles. The summed E-state index contributed by atoms with van der Waals surface area (Å²) in [4.78, 5) is 27.4. The molecule has 0 fully saturated rings. The molecule has 1 amide bonds. The van der Waals surface area contributed by atoms with E-state index in [0.717, 1.165) is 0 Å². The van der Waals surface area contributed by atoms with E-state index in [1.807, 2.05) is 13.8 Å². The molecule has 0 radical (unpaired) electrons. The number of amides is 1. The molecule has 6 nitrogen and oxygen atoms in total. The molecule has 0 aromatic carbocycles. The third kappa shape index (κ3) is 3.87. The molecule has 0 aliphatic heterocycles. The number of hydrogen-bond donors (Lipinski definition) is 1. The first-order valence-electron chi connectivity index (χ1n) is 5.80. The number of esters is 1. The zero-order valence-electron chi connectivity index (χ0n) is 11.1. The van der Waals surface area contributed by atoms with Crippen molar-refractivity contribution in [2.24, 2.45) is 13.0 Å². The number of aryl methyl sites for hydroxylation is 1. The average Bonchev–Trinajstić information content (AvgIpc) is 2.73. The van der Waals surface area contributed by atoms with Crippen LogP contribution in [0.1, 0.15) is 30.8 Å². The Balaban J connectivity index is 2.71. The van der Waals surface area contributed by atoms with Crippen molar-refractivity contribution in [3.63, 3.8) is 0 Å². The van der Waals surface area contributed by atoms with Crippen molar-refractivity contribution in [3.8, 4) is 0 Å². The van der Waals surface area contributed by atoms with E-state index in [1.165, 1.54) is 13.4 Å². The van der Waals surface area contributed by atoms with Crippen LogP contribution >= 0.6 is 0 Å². The summed E-state index contributed by atoms with van der Waals surface area (Å²) in [7, 11) is 3.08. The normalized spacial score (nSPS) is 12.3. The van der Waals surface area contributed by atoms with Crippen LogP contribution in [0.25, 0.3) is 0 Å². The summed E-state index contributed by atoms with van der Waals surface area (Å²) in [6.45, 7) is 3.95. The summed E-state index contributed by atoms with van der Waals surface area (Å²) in [5.41, 5.74) is 0.287. The maximum absolute atomic E-state index is 11.9. The lowest BCUT2D eigenvalue weighted by molar-refractivity contribution is -0.143. The van der Waals surface area contributed by atoms with Crippen molar-refractivity contribution in [3.05, 3.63) is 18.2 Å². The van der Waals surface area contributed by atoms with Crippen molar-refractivity contribution in [2.45, 2.75) is 26.3 Å². The number of imidazole rings is 1. The fourth-order valence-corrected chi connectivity index (χ4v) is 1.59. The topological polar surface area (TPSA) is 73.2 Å². The Morgan fingerprint density at radius 1 is 1.50 bits per heavy atom. The molecule has 1 unspecified atom stereocenters. The smallest absolute Gasteiger partial charge is 0.328 e. The van der Waals surface area contributed by atoms with E-state index in [4.69, 9.17) is 0 Å². The number of aromatic nitrogens is 2. The Bertz CT molecular complexity index is 426. The van der Waals surface area contributed by atoms with E-state index in [2.05, 4.69) is 15.0 Å². The van der Waals surface area contributed by atoms with Crippen LogP contribution in [0.3, 0.4) is 0 Å². The number of rotatable bonds is 5. The van der Waals surface area contributed by atoms with Crippen molar-refractivity contribution in [1.82, 2.24) is 14.9 Å². The lowest BCUT2D eigenvalue weighted by Gasteiger charge is -2.17. The Kier molecular flexibility index (Phi) is 4.88. The van der Waals surface area contributed by atoms with E-state index in [0.29, 0.717) is 6.42 Å². The van der Waals surface area contributed by atoms with Crippen molar-refractivity contribution in [1.29, 1.82) is 0 Å². The molecule has 0 bridgehead atoms. The van der Waals surface area contributed by atoms with Gasteiger partial charge in [0.15, 0.2) is 0 Å². The monoisotopic (exact) mass is 253 g/mol. The Morgan fingerprint density at radius 3 is 2.61 bits per heavy atom. The zero-order valence-corrected chi connectivity index (χ0v) is 11.1. The predicted molar refractivity (Wildman–Crippen MR) is 65.9 cm³/mol. The molecule has 0 aliphatic carbocycles. The molecule has 0 saturated carbocycles. The molecule has 1 aromatic rings. The van der Waals surface area contributed by atoms with Gasteiger partial charge in [-0.2, -0.15) is 0 Å². The lowest BCUT2D eigenvalue weighted by Crippen LogP contribution is -2.42. The van der Waals surface area contributed by atoms with Crippen LogP contribution in [0.2, 0.25) is 0 Å². The van der Waals surface area contributed by atoms with E-state index in [1.54, 1.807) is 17.8 Å². The fraction of sp³-hybridized carbons (Fsp3) is 0.583. The third-order valence-corrected chi connectivity index (χ3v) is 2.44. The Morgan fingerprint density at radius 2 is 2.17 bits per heavy atom. The van der Waals surface area contributed by atoms with E-state index < -0.39 is 12.0 Å². The largest absolute Gasteiger partial charge is 0.467 e. The van der Waals surface area contributed by atoms with E-state index in [9.17, 15) is 9.59 Å². The summed E-state index contributed by atoms with van der Waals surface area (Å²) in [5, 5.41) is 2.64. The summed E-state index contributed by atoms with van der Waals surface area (Å²) in [6, 6.07) is -0.635. The van der Waals surface area contributed by atoms with Crippen LogP contribution in [0, 0.1) is 5.92 Å². The first-order valence-corrected chi connectivity index (χ1v) is 5.80. The summed E-state index contributed by atoms with van der Waals surface area (Å²) < 4.78 is 6.35. The number of hydrogen-bond acceptors (Lipinski definition) is 4. The van der Waals surface area contributed by atoms with Crippen LogP contribution < -0.4 is 5.32 Å². The van der Waals surface area contributed by atoms with Gasteiger partial charge in [0.25, 0.3) is 5.91 Å². The van der Waals surface area contributed by atoms with Crippen LogP contribution in [0.4, 0.5) is 0 Å². The Labute approximate surface area is 106 Å². The average molecular weight is 253 g/mol. The molecule has 1 heterocycles. The molecule has 18 heavy (non-hydrogen) atoms. The maximum Gasteiger partial charge on any atom is 0.328 e. The van der Waals surface area contributed by atoms with Gasteiger partial charge in [-0.15, -0.1) is 0 Å². The van der Waals surface area contributed by atoms with Crippen LogP contribution in [0.5, 0.6) is 0 Å². The summed E-state index contributed by atoms with van der Waals surface area (Å²) >= 11 is 0. The van der Waals surface area contributed by atoms with Gasteiger partial charge in [0, 0.05) is 13.2 Å². The first-order chi connectivity index (χ1) is 8.43. The van der Waals surface area contributed by atoms with Gasteiger partial charge in [-0.05, 0) is 12.3 Å². The van der Waals surface area contributed by atoms with Gasteiger partial charge < -0.3 is 14.6 Å². The first kappa shape index (κ1) is 14.2. The molecule has 1 N–H and O–H groups in total. The SMILES string of the molecule is COC(=O)C(CC(C)C)NC(=O)c1cn(C)cn1. The second kappa shape index (κ2) is 6.18. The highest BCUT2D eigenvalue weighted by Gasteiger charge is 2.23. The minimum absolute atomic E-state index is 0.276. The highest BCUT2D eigenvalue weighted by molar-refractivity contribution is 5.95. The predicted octanol–water partition coefficient (Wildman–Crippen LogP) is 0.738. The molecular weight excluding hydrogens is 234 g/mol. The highest BCUT2D eigenvalue weighted by atomic mass is 16.5. The molecule has 100 valence electrons. The van der Waals surface area contributed by atoms with Crippen molar-refractivity contribution < 1.29 is 14.3 Å². The van der Waals surface area contributed by atoms with Crippen molar-refractivity contribution in [2.75, 3.05) is 7.11 Å². The van der Waals surface area contributed by atoms with Gasteiger partial charge >= 0.3 is 5.97 Å². The lowest BCUT2D eigenvalue weighted by atomic mass is 10.0. The number of carbonyl (C=O) groups is 2.